The number of nitrogens with zero attached hydrogens (tertiary/aromatic N) is 3. The molecule has 0 spiro atoms. The van der Waals surface area contributed by atoms with Gasteiger partial charge >= 0.3 is 0 Å². The molecular weight excluding hydrogens is 212 g/mol. The van der Waals surface area contributed by atoms with Gasteiger partial charge in [-0.05, 0) is 38.6 Å². The molecule has 1 aromatic heterocycles. The van der Waals surface area contributed by atoms with Gasteiger partial charge in [0, 0.05) is 6.54 Å². The van der Waals surface area contributed by atoms with Gasteiger partial charge in [0.05, 0.1) is 17.1 Å². The molecule has 0 amide bonds. The summed E-state index contributed by atoms with van der Waals surface area (Å²) in [4.78, 5) is 6.81. The summed E-state index contributed by atoms with van der Waals surface area (Å²) in [5.74, 6) is 0.648. The lowest BCUT2D eigenvalue weighted by Gasteiger charge is -2.15. The van der Waals surface area contributed by atoms with Crippen LogP contribution in [0.1, 0.15) is 18.0 Å². The van der Waals surface area contributed by atoms with Gasteiger partial charge in [-0.1, -0.05) is 12.1 Å². The summed E-state index contributed by atoms with van der Waals surface area (Å²) in [5.41, 5.74) is 9.54. The minimum Gasteiger partial charge on any atom is -0.369 e. The number of anilines is 1. The summed E-state index contributed by atoms with van der Waals surface area (Å²) < 4.78 is 2.22. The molecule has 17 heavy (non-hydrogen) atoms. The van der Waals surface area contributed by atoms with Crippen LogP contribution in [0.5, 0.6) is 0 Å². The van der Waals surface area contributed by atoms with Crippen LogP contribution in [0.2, 0.25) is 0 Å². The Kier molecular flexibility index (Phi) is 2.33. The Balaban J connectivity index is 2.18. The van der Waals surface area contributed by atoms with Crippen LogP contribution in [-0.2, 0) is 0 Å². The Labute approximate surface area is 101 Å². The maximum absolute atomic E-state index is 6.08. The predicted octanol–water partition coefficient (Wildman–Crippen LogP) is 1.80. The molecule has 1 aromatic carbocycles. The molecule has 0 radical (unpaired) electrons. The summed E-state index contributed by atoms with van der Waals surface area (Å²) in [6.45, 7) is 4.32. The highest BCUT2D eigenvalue weighted by molar-refractivity contribution is 5.81. The third-order valence-electron chi connectivity index (χ3n) is 3.67. The third-order valence-corrected chi connectivity index (χ3v) is 3.67. The Morgan fingerprint density at radius 3 is 2.94 bits per heavy atom. The fourth-order valence-electron chi connectivity index (χ4n) is 2.83. The second-order valence-electron chi connectivity index (χ2n) is 4.99. The molecule has 0 aliphatic carbocycles. The number of nitrogens with two attached hydrogens (primary N) is 1. The molecule has 3 rings (SSSR count). The highest BCUT2D eigenvalue weighted by Crippen LogP contribution is 2.30. The summed E-state index contributed by atoms with van der Waals surface area (Å²) in [5, 5.41) is 0. The van der Waals surface area contributed by atoms with Gasteiger partial charge in [0.2, 0.25) is 5.95 Å². The normalized spacial score (nSPS) is 21.4. The number of para-hydroxylation sites is 1. The largest absolute Gasteiger partial charge is 0.369 e. The van der Waals surface area contributed by atoms with E-state index < -0.39 is 0 Å². The molecule has 1 atom stereocenters. The van der Waals surface area contributed by atoms with Crippen LogP contribution in [0.15, 0.2) is 18.2 Å². The Morgan fingerprint density at radius 2 is 2.24 bits per heavy atom. The number of nitrogen functional groups attached to an aromatic ring is 1. The van der Waals surface area contributed by atoms with Gasteiger partial charge in [0.15, 0.2) is 0 Å². The number of aromatic nitrogens is 2. The van der Waals surface area contributed by atoms with Crippen molar-refractivity contribution in [3.63, 3.8) is 0 Å². The zero-order chi connectivity index (χ0) is 12.0. The summed E-state index contributed by atoms with van der Waals surface area (Å²) in [7, 11) is 2.15. The molecule has 1 saturated heterocycles. The first-order valence-electron chi connectivity index (χ1n) is 6.08. The molecule has 1 aliphatic heterocycles. The first kappa shape index (κ1) is 10.6. The molecule has 90 valence electrons. The standard InChI is InChI=1S/C13H18N4/c1-9-4-3-5-11-12(9)17(13(14)15-11)10-6-7-16(2)8-10/h3-5,10H,6-8H2,1-2H3,(H2,14,15). The van der Waals surface area contributed by atoms with Crippen molar-refractivity contribution in [3.05, 3.63) is 23.8 Å². The van der Waals surface area contributed by atoms with E-state index in [1.54, 1.807) is 0 Å². The number of imidazole rings is 1. The highest BCUT2D eigenvalue weighted by Gasteiger charge is 2.25. The van der Waals surface area contributed by atoms with Crippen LogP contribution in [0.4, 0.5) is 5.95 Å². The first-order valence-corrected chi connectivity index (χ1v) is 6.08. The second-order valence-corrected chi connectivity index (χ2v) is 4.99. The lowest BCUT2D eigenvalue weighted by atomic mass is 10.2. The molecule has 4 heteroatoms. The predicted molar refractivity (Wildman–Crippen MR) is 70.0 cm³/mol. The summed E-state index contributed by atoms with van der Waals surface area (Å²) in [6, 6.07) is 6.66. The van der Waals surface area contributed by atoms with Crippen molar-refractivity contribution in [2.75, 3.05) is 25.9 Å². The van der Waals surface area contributed by atoms with Crippen molar-refractivity contribution in [1.29, 1.82) is 0 Å². The van der Waals surface area contributed by atoms with Crippen LogP contribution in [-0.4, -0.2) is 34.6 Å². The van der Waals surface area contributed by atoms with E-state index in [2.05, 4.69) is 34.5 Å². The van der Waals surface area contributed by atoms with Crippen molar-refractivity contribution in [3.8, 4) is 0 Å². The third kappa shape index (κ3) is 1.60. The van der Waals surface area contributed by atoms with Gasteiger partial charge in [0.25, 0.3) is 0 Å². The van der Waals surface area contributed by atoms with Crippen molar-refractivity contribution in [1.82, 2.24) is 14.5 Å². The Bertz CT molecular complexity index is 558. The zero-order valence-electron chi connectivity index (χ0n) is 10.3. The van der Waals surface area contributed by atoms with Gasteiger partial charge in [-0.15, -0.1) is 0 Å². The van der Waals surface area contributed by atoms with Crippen molar-refractivity contribution in [2.24, 2.45) is 0 Å². The van der Waals surface area contributed by atoms with E-state index >= 15 is 0 Å². The smallest absolute Gasteiger partial charge is 0.201 e. The molecular formula is C13H18N4. The van der Waals surface area contributed by atoms with Crippen molar-refractivity contribution in [2.45, 2.75) is 19.4 Å². The van der Waals surface area contributed by atoms with Crippen LogP contribution < -0.4 is 5.73 Å². The van der Waals surface area contributed by atoms with E-state index in [0.29, 0.717) is 12.0 Å². The molecule has 1 aliphatic rings. The molecule has 2 heterocycles. The van der Waals surface area contributed by atoms with E-state index in [4.69, 9.17) is 5.73 Å². The molecule has 2 aromatic rings. The zero-order valence-corrected chi connectivity index (χ0v) is 10.3. The summed E-state index contributed by atoms with van der Waals surface area (Å²) >= 11 is 0. The number of fused-ring (bicyclic) bond motifs is 1. The van der Waals surface area contributed by atoms with E-state index in [0.717, 1.165) is 25.0 Å². The quantitative estimate of drug-likeness (QED) is 0.812. The van der Waals surface area contributed by atoms with Gasteiger partial charge in [0.1, 0.15) is 0 Å². The van der Waals surface area contributed by atoms with Crippen LogP contribution >= 0.6 is 0 Å². The number of benzene rings is 1. The minimum atomic E-state index is 0.464. The van der Waals surface area contributed by atoms with E-state index in [1.165, 1.54) is 11.1 Å². The Morgan fingerprint density at radius 1 is 1.41 bits per heavy atom. The molecule has 0 saturated carbocycles. The SMILES string of the molecule is Cc1cccc2nc(N)n(C3CCN(C)C3)c12. The van der Waals surface area contributed by atoms with E-state index in [9.17, 15) is 0 Å². The fraction of sp³-hybridized carbons (Fsp3) is 0.462. The molecule has 1 fully saturated rings. The van der Waals surface area contributed by atoms with Gasteiger partial charge in [-0.3, -0.25) is 0 Å². The lowest BCUT2D eigenvalue weighted by molar-refractivity contribution is 0.395. The maximum atomic E-state index is 6.08. The number of likely N-dealkylation sites (N-methyl/N-ethyl adjacent to an activating group) is 1. The van der Waals surface area contributed by atoms with Gasteiger partial charge in [-0.25, -0.2) is 4.98 Å². The van der Waals surface area contributed by atoms with Gasteiger partial charge < -0.3 is 15.2 Å². The maximum Gasteiger partial charge on any atom is 0.201 e. The van der Waals surface area contributed by atoms with Crippen molar-refractivity contribution < 1.29 is 0 Å². The molecule has 1 unspecified atom stereocenters. The first-order chi connectivity index (χ1) is 8.16. The van der Waals surface area contributed by atoms with Crippen LogP contribution in [0.25, 0.3) is 11.0 Å². The van der Waals surface area contributed by atoms with Crippen molar-refractivity contribution >= 4 is 17.0 Å². The number of likely N-dealkylation sites (tertiary alicyclic amines) is 1. The lowest BCUT2D eigenvalue weighted by Crippen LogP contribution is -2.17. The topological polar surface area (TPSA) is 47.1 Å². The van der Waals surface area contributed by atoms with E-state index in [-0.39, 0.29) is 0 Å². The van der Waals surface area contributed by atoms with Crippen LogP contribution in [0, 0.1) is 6.92 Å². The monoisotopic (exact) mass is 230 g/mol. The average Bonchev–Trinajstić information content (AvgIpc) is 2.82. The molecule has 2 N–H and O–H groups in total. The van der Waals surface area contributed by atoms with E-state index in [1.807, 2.05) is 12.1 Å². The van der Waals surface area contributed by atoms with Gasteiger partial charge in [-0.2, -0.15) is 0 Å². The second kappa shape index (κ2) is 3.74. The Hall–Kier alpha value is -1.55. The highest BCUT2D eigenvalue weighted by atomic mass is 15.2. The average molecular weight is 230 g/mol. The molecule has 0 bridgehead atoms. The molecule has 4 nitrogen and oxygen atoms in total. The van der Waals surface area contributed by atoms with Crippen LogP contribution in [0.3, 0.4) is 0 Å². The summed E-state index contributed by atoms with van der Waals surface area (Å²) in [6.07, 6.45) is 1.15. The minimum absolute atomic E-state index is 0.464. The number of hydrogen-bond donors (Lipinski definition) is 1. The fourth-order valence-corrected chi connectivity index (χ4v) is 2.83. The number of rotatable bonds is 1. The number of hydrogen-bond acceptors (Lipinski definition) is 3. The number of aryl methyl sites for hydroxylation is 1.